The summed E-state index contributed by atoms with van der Waals surface area (Å²) in [5.41, 5.74) is 0. The maximum atomic E-state index is 11.6. The van der Waals surface area contributed by atoms with E-state index in [-0.39, 0.29) is 11.9 Å². The molecule has 2 heterocycles. The van der Waals surface area contributed by atoms with Gasteiger partial charge in [0.25, 0.3) is 0 Å². The first-order valence-corrected chi connectivity index (χ1v) is 5.80. The molecule has 0 bridgehead atoms. The van der Waals surface area contributed by atoms with Crippen molar-refractivity contribution in [2.45, 2.75) is 25.9 Å². The van der Waals surface area contributed by atoms with E-state index < -0.39 is 0 Å². The summed E-state index contributed by atoms with van der Waals surface area (Å²) < 4.78 is 10.3. The largest absolute Gasteiger partial charge is 0.466 e. The molecule has 2 aliphatic heterocycles. The Morgan fingerprint density at radius 2 is 2.40 bits per heavy atom. The fourth-order valence-electron chi connectivity index (χ4n) is 2.14. The number of epoxide rings is 1. The second kappa shape index (κ2) is 4.94. The van der Waals surface area contributed by atoms with E-state index >= 15 is 0 Å². The minimum Gasteiger partial charge on any atom is -0.466 e. The van der Waals surface area contributed by atoms with Gasteiger partial charge in [0.15, 0.2) is 0 Å². The molecule has 2 unspecified atom stereocenters. The highest BCUT2D eigenvalue weighted by Gasteiger charge is 2.31. The summed E-state index contributed by atoms with van der Waals surface area (Å²) in [6.45, 7) is 6.16. The molecule has 0 aromatic rings. The molecule has 0 spiro atoms. The Morgan fingerprint density at radius 3 is 3.07 bits per heavy atom. The maximum absolute atomic E-state index is 11.6. The number of hydrogen-bond acceptors (Lipinski definition) is 4. The van der Waals surface area contributed by atoms with Crippen LogP contribution in [0.15, 0.2) is 0 Å². The van der Waals surface area contributed by atoms with Crippen LogP contribution in [-0.4, -0.2) is 49.8 Å². The molecule has 2 fully saturated rings. The van der Waals surface area contributed by atoms with E-state index in [0.29, 0.717) is 12.7 Å². The zero-order valence-corrected chi connectivity index (χ0v) is 9.28. The first-order chi connectivity index (χ1) is 7.29. The molecule has 0 N–H and O–H groups in total. The maximum Gasteiger partial charge on any atom is 0.310 e. The second-order valence-corrected chi connectivity index (χ2v) is 4.31. The molecule has 4 heteroatoms. The number of likely N-dealkylation sites (tertiary alicyclic amines) is 1. The van der Waals surface area contributed by atoms with Crippen molar-refractivity contribution in [3.05, 3.63) is 0 Å². The molecule has 2 aliphatic rings. The van der Waals surface area contributed by atoms with Gasteiger partial charge in [-0.25, -0.2) is 0 Å². The average molecular weight is 213 g/mol. The van der Waals surface area contributed by atoms with Crippen molar-refractivity contribution in [1.82, 2.24) is 4.90 Å². The summed E-state index contributed by atoms with van der Waals surface area (Å²) in [6, 6.07) is 0. The molecule has 0 aromatic carbocycles. The van der Waals surface area contributed by atoms with E-state index in [9.17, 15) is 4.79 Å². The first kappa shape index (κ1) is 10.9. The third-order valence-electron chi connectivity index (χ3n) is 2.99. The molecular weight excluding hydrogens is 194 g/mol. The van der Waals surface area contributed by atoms with Crippen LogP contribution in [0.2, 0.25) is 0 Å². The molecule has 2 atom stereocenters. The van der Waals surface area contributed by atoms with Crippen LogP contribution in [-0.2, 0) is 14.3 Å². The SMILES string of the molecule is CCOC(=O)C1CCCN(CC2CO2)C1. The minimum absolute atomic E-state index is 0.0288. The van der Waals surface area contributed by atoms with Crippen molar-refractivity contribution in [2.75, 3.05) is 32.8 Å². The van der Waals surface area contributed by atoms with E-state index in [4.69, 9.17) is 9.47 Å². The third kappa shape index (κ3) is 3.18. The van der Waals surface area contributed by atoms with Gasteiger partial charge in [0.2, 0.25) is 0 Å². The minimum atomic E-state index is -0.0288. The lowest BCUT2D eigenvalue weighted by Crippen LogP contribution is -2.41. The highest BCUT2D eigenvalue weighted by atomic mass is 16.6. The van der Waals surface area contributed by atoms with E-state index in [1.165, 1.54) is 0 Å². The Kier molecular flexibility index (Phi) is 3.59. The van der Waals surface area contributed by atoms with Crippen molar-refractivity contribution in [3.63, 3.8) is 0 Å². The van der Waals surface area contributed by atoms with Gasteiger partial charge in [-0.3, -0.25) is 9.69 Å². The second-order valence-electron chi connectivity index (χ2n) is 4.31. The van der Waals surface area contributed by atoms with Crippen LogP contribution in [0.25, 0.3) is 0 Å². The van der Waals surface area contributed by atoms with Gasteiger partial charge in [0.1, 0.15) is 0 Å². The van der Waals surface area contributed by atoms with Gasteiger partial charge in [0, 0.05) is 13.1 Å². The molecule has 0 aliphatic carbocycles. The fraction of sp³-hybridized carbons (Fsp3) is 0.909. The third-order valence-corrected chi connectivity index (χ3v) is 2.99. The number of carbonyl (C=O) groups is 1. The number of rotatable bonds is 4. The molecule has 4 nitrogen and oxygen atoms in total. The van der Waals surface area contributed by atoms with E-state index in [0.717, 1.165) is 39.1 Å². The van der Waals surface area contributed by atoms with Gasteiger partial charge in [-0.2, -0.15) is 0 Å². The molecule has 0 radical (unpaired) electrons. The quantitative estimate of drug-likeness (QED) is 0.508. The van der Waals surface area contributed by atoms with Gasteiger partial charge in [0.05, 0.1) is 25.2 Å². The van der Waals surface area contributed by atoms with Crippen molar-refractivity contribution in [1.29, 1.82) is 0 Å². The van der Waals surface area contributed by atoms with Crippen molar-refractivity contribution < 1.29 is 14.3 Å². The zero-order chi connectivity index (χ0) is 10.7. The lowest BCUT2D eigenvalue weighted by molar-refractivity contribution is -0.149. The Labute approximate surface area is 90.5 Å². The van der Waals surface area contributed by atoms with Gasteiger partial charge in [-0.15, -0.1) is 0 Å². The van der Waals surface area contributed by atoms with Gasteiger partial charge < -0.3 is 9.47 Å². The molecular formula is C11H19NO3. The van der Waals surface area contributed by atoms with Crippen LogP contribution in [0.5, 0.6) is 0 Å². The predicted molar refractivity (Wildman–Crippen MR) is 55.5 cm³/mol. The highest BCUT2D eigenvalue weighted by molar-refractivity contribution is 5.72. The number of carbonyl (C=O) groups excluding carboxylic acids is 1. The molecule has 0 saturated carbocycles. The van der Waals surface area contributed by atoms with Crippen molar-refractivity contribution >= 4 is 5.97 Å². The van der Waals surface area contributed by atoms with Crippen molar-refractivity contribution in [2.24, 2.45) is 5.92 Å². The lowest BCUT2D eigenvalue weighted by atomic mass is 9.98. The van der Waals surface area contributed by atoms with E-state index in [1.54, 1.807) is 0 Å². The van der Waals surface area contributed by atoms with Crippen LogP contribution < -0.4 is 0 Å². The average Bonchev–Trinajstić information content (AvgIpc) is 3.03. The van der Waals surface area contributed by atoms with Gasteiger partial charge in [-0.1, -0.05) is 0 Å². The summed E-state index contributed by atoms with van der Waals surface area (Å²) in [6.07, 6.45) is 2.49. The van der Waals surface area contributed by atoms with Crippen molar-refractivity contribution in [3.8, 4) is 0 Å². The van der Waals surface area contributed by atoms with Gasteiger partial charge in [-0.05, 0) is 26.3 Å². The van der Waals surface area contributed by atoms with Crippen LogP contribution in [0.1, 0.15) is 19.8 Å². The topological polar surface area (TPSA) is 42.1 Å². The van der Waals surface area contributed by atoms with E-state index in [2.05, 4.69) is 4.90 Å². The summed E-state index contributed by atoms with van der Waals surface area (Å²) in [7, 11) is 0. The lowest BCUT2D eigenvalue weighted by Gasteiger charge is -2.30. The number of ether oxygens (including phenoxy) is 2. The summed E-state index contributed by atoms with van der Waals surface area (Å²) in [5, 5.41) is 0. The Balaban J connectivity index is 1.77. The standard InChI is InChI=1S/C11H19NO3/c1-2-14-11(13)9-4-3-5-12(6-9)7-10-8-15-10/h9-10H,2-8H2,1H3. The summed E-state index contributed by atoms with van der Waals surface area (Å²) in [5.74, 6) is 0.0522. The molecule has 2 rings (SSSR count). The molecule has 15 heavy (non-hydrogen) atoms. The predicted octanol–water partition coefficient (Wildman–Crippen LogP) is 0.660. The summed E-state index contributed by atoms with van der Waals surface area (Å²) in [4.78, 5) is 13.9. The summed E-state index contributed by atoms with van der Waals surface area (Å²) >= 11 is 0. The zero-order valence-electron chi connectivity index (χ0n) is 9.28. The Morgan fingerprint density at radius 1 is 1.60 bits per heavy atom. The van der Waals surface area contributed by atoms with Gasteiger partial charge >= 0.3 is 5.97 Å². The number of piperidine rings is 1. The van der Waals surface area contributed by atoms with E-state index in [1.807, 2.05) is 6.92 Å². The van der Waals surface area contributed by atoms with Crippen LogP contribution >= 0.6 is 0 Å². The number of esters is 1. The Hall–Kier alpha value is -0.610. The molecule has 0 aromatic heterocycles. The number of hydrogen-bond donors (Lipinski definition) is 0. The molecule has 2 saturated heterocycles. The van der Waals surface area contributed by atoms with Crippen LogP contribution in [0.3, 0.4) is 0 Å². The smallest absolute Gasteiger partial charge is 0.310 e. The normalized spacial score (nSPS) is 31.3. The first-order valence-electron chi connectivity index (χ1n) is 5.80. The number of nitrogens with zero attached hydrogens (tertiary/aromatic N) is 1. The molecule has 86 valence electrons. The van der Waals surface area contributed by atoms with Crippen LogP contribution in [0.4, 0.5) is 0 Å². The monoisotopic (exact) mass is 213 g/mol. The fourth-order valence-corrected chi connectivity index (χ4v) is 2.14. The highest BCUT2D eigenvalue weighted by Crippen LogP contribution is 2.20. The van der Waals surface area contributed by atoms with Crippen LogP contribution in [0, 0.1) is 5.92 Å². The molecule has 0 amide bonds. The Bertz CT molecular complexity index is 228.